The van der Waals surface area contributed by atoms with E-state index in [0.29, 0.717) is 10.9 Å². The average molecular weight is 242 g/mol. The van der Waals surface area contributed by atoms with Crippen molar-refractivity contribution in [3.05, 3.63) is 46.0 Å². The van der Waals surface area contributed by atoms with Crippen molar-refractivity contribution in [3.63, 3.8) is 0 Å². The molecule has 1 aromatic heterocycles. The standard InChI is InChI=1S/C11H9ClFNS/c12-11-4-3-10(15-11)9-5-8(13)2-1-7(9)6-14/h1-5H,6,14H2. The lowest BCUT2D eigenvalue weighted by molar-refractivity contribution is 0.627. The van der Waals surface area contributed by atoms with E-state index in [4.69, 9.17) is 17.3 Å². The molecule has 0 aliphatic heterocycles. The maximum atomic E-state index is 13.1. The third kappa shape index (κ3) is 2.20. The normalized spacial score (nSPS) is 10.6. The zero-order chi connectivity index (χ0) is 10.8. The van der Waals surface area contributed by atoms with E-state index in [0.717, 1.165) is 16.0 Å². The van der Waals surface area contributed by atoms with E-state index in [1.807, 2.05) is 6.07 Å². The van der Waals surface area contributed by atoms with Gasteiger partial charge < -0.3 is 5.73 Å². The van der Waals surface area contributed by atoms with Crippen LogP contribution in [0.4, 0.5) is 4.39 Å². The molecule has 0 saturated heterocycles. The third-order valence-electron chi connectivity index (χ3n) is 2.13. The molecule has 0 spiro atoms. The summed E-state index contributed by atoms with van der Waals surface area (Å²) in [7, 11) is 0. The summed E-state index contributed by atoms with van der Waals surface area (Å²) >= 11 is 7.26. The van der Waals surface area contributed by atoms with E-state index in [2.05, 4.69) is 0 Å². The van der Waals surface area contributed by atoms with Crippen molar-refractivity contribution in [1.82, 2.24) is 0 Å². The van der Waals surface area contributed by atoms with E-state index >= 15 is 0 Å². The first kappa shape index (κ1) is 10.6. The van der Waals surface area contributed by atoms with E-state index in [1.54, 1.807) is 12.1 Å². The first-order valence-electron chi connectivity index (χ1n) is 4.45. The van der Waals surface area contributed by atoms with Crippen LogP contribution in [0.25, 0.3) is 10.4 Å². The molecule has 2 aromatic rings. The summed E-state index contributed by atoms with van der Waals surface area (Å²) in [6, 6.07) is 8.29. The minimum Gasteiger partial charge on any atom is -0.326 e. The minimum atomic E-state index is -0.258. The van der Waals surface area contributed by atoms with Gasteiger partial charge in [-0.15, -0.1) is 11.3 Å². The molecule has 0 atom stereocenters. The van der Waals surface area contributed by atoms with Gasteiger partial charge in [0, 0.05) is 11.4 Å². The van der Waals surface area contributed by atoms with Crippen molar-refractivity contribution in [2.45, 2.75) is 6.54 Å². The monoisotopic (exact) mass is 241 g/mol. The van der Waals surface area contributed by atoms with Crippen molar-refractivity contribution in [2.75, 3.05) is 0 Å². The van der Waals surface area contributed by atoms with Crippen LogP contribution >= 0.6 is 22.9 Å². The van der Waals surface area contributed by atoms with Crippen molar-refractivity contribution in [1.29, 1.82) is 0 Å². The van der Waals surface area contributed by atoms with Crippen LogP contribution in [0.15, 0.2) is 30.3 Å². The summed E-state index contributed by atoms with van der Waals surface area (Å²) in [5.41, 5.74) is 7.35. The van der Waals surface area contributed by atoms with Gasteiger partial charge in [-0.3, -0.25) is 0 Å². The highest BCUT2D eigenvalue weighted by atomic mass is 35.5. The minimum absolute atomic E-state index is 0.258. The molecule has 2 N–H and O–H groups in total. The van der Waals surface area contributed by atoms with Gasteiger partial charge in [0.2, 0.25) is 0 Å². The molecular weight excluding hydrogens is 233 g/mol. The van der Waals surface area contributed by atoms with Gasteiger partial charge in [0.05, 0.1) is 4.34 Å². The lowest BCUT2D eigenvalue weighted by Crippen LogP contribution is -1.98. The molecule has 1 heterocycles. The summed E-state index contributed by atoms with van der Waals surface area (Å²) in [5, 5.41) is 0. The number of nitrogens with two attached hydrogens (primary N) is 1. The average Bonchev–Trinajstić information content (AvgIpc) is 2.65. The Morgan fingerprint density at radius 3 is 2.67 bits per heavy atom. The second-order valence-electron chi connectivity index (χ2n) is 3.11. The van der Waals surface area contributed by atoms with Gasteiger partial charge in [-0.2, -0.15) is 0 Å². The van der Waals surface area contributed by atoms with Crippen LogP contribution < -0.4 is 5.73 Å². The molecule has 78 valence electrons. The van der Waals surface area contributed by atoms with Crippen molar-refractivity contribution in [2.24, 2.45) is 5.73 Å². The number of hydrogen-bond acceptors (Lipinski definition) is 2. The second-order valence-corrected chi connectivity index (χ2v) is 4.82. The van der Waals surface area contributed by atoms with Crippen LogP contribution in [-0.2, 0) is 6.54 Å². The van der Waals surface area contributed by atoms with Crippen LogP contribution in [0.2, 0.25) is 4.34 Å². The van der Waals surface area contributed by atoms with E-state index in [-0.39, 0.29) is 5.82 Å². The zero-order valence-electron chi connectivity index (χ0n) is 7.84. The molecule has 15 heavy (non-hydrogen) atoms. The molecule has 0 saturated carbocycles. The van der Waals surface area contributed by atoms with Crippen LogP contribution in [0, 0.1) is 5.82 Å². The van der Waals surface area contributed by atoms with Gasteiger partial charge >= 0.3 is 0 Å². The highest BCUT2D eigenvalue weighted by Crippen LogP contribution is 2.33. The summed E-state index contributed by atoms with van der Waals surface area (Å²) in [4.78, 5) is 0.944. The topological polar surface area (TPSA) is 26.0 Å². The fourth-order valence-electron chi connectivity index (χ4n) is 1.42. The quantitative estimate of drug-likeness (QED) is 0.853. The smallest absolute Gasteiger partial charge is 0.123 e. The third-order valence-corrected chi connectivity index (χ3v) is 3.39. The maximum absolute atomic E-state index is 13.1. The Labute approximate surface area is 96.3 Å². The lowest BCUT2D eigenvalue weighted by atomic mass is 10.1. The van der Waals surface area contributed by atoms with Crippen LogP contribution in [0.3, 0.4) is 0 Å². The Balaban J connectivity index is 2.55. The number of benzene rings is 1. The molecule has 4 heteroatoms. The van der Waals surface area contributed by atoms with Crippen LogP contribution in [-0.4, -0.2) is 0 Å². The summed E-state index contributed by atoms with van der Waals surface area (Å²) in [6.07, 6.45) is 0. The lowest BCUT2D eigenvalue weighted by Gasteiger charge is -2.05. The number of rotatable bonds is 2. The highest BCUT2D eigenvalue weighted by Gasteiger charge is 2.07. The Bertz CT molecular complexity index is 481. The van der Waals surface area contributed by atoms with Crippen molar-refractivity contribution < 1.29 is 4.39 Å². The Morgan fingerprint density at radius 1 is 1.27 bits per heavy atom. The number of hydrogen-bond donors (Lipinski definition) is 1. The second kappa shape index (κ2) is 4.31. The first-order chi connectivity index (χ1) is 7.20. The molecule has 2 rings (SSSR count). The molecule has 1 aromatic carbocycles. The predicted molar refractivity (Wildman–Crippen MR) is 62.6 cm³/mol. The predicted octanol–water partition coefficient (Wildman–Crippen LogP) is 3.67. The molecule has 0 amide bonds. The fraction of sp³-hybridized carbons (Fsp3) is 0.0909. The molecule has 0 aliphatic carbocycles. The van der Waals surface area contributed by atoms with Gasteiger partial charge in [-0.05, 0) is 35.4 Å². The van der Waals surface area contributed by atoms with Crippen molar-refractivity contribution >= 4 is 22.9 Å². The van der Waals surface area contributed by atoms with Gasteiger partial charge in [0.1, 0.15) is 5.82 Å². The summed E-state index contributed by atoms with van der Waals surface area (Å²) in [5.74, 6) is -0.258. The van der Waals surface area contributed by atoms with Gasteiger partial charge in [0.15, 0.2) is 0 Å². The van der Waals surface area contributed by atoms with E-state index < -0.39 is 0 Å². The Morgan fingerprint density at radius 2 is 2.07 bits per heavy atom. The SMILES string of the molecule is NCc1ccc(F)cc1-c1ccc(Cl)s1. The van der Waals surface area contributed by atoms with Gasteiger partial charge in [-0.25, -0.2) is 4.39 Å². The van der Waals surface area contributed by atoms with Gasteiger partial charge in [-0.1, -0.05) is 17.7 Å². The molecule has 0 bridgehead atoms. The highest BCUT2D eigenvalue weighted by molar-refractivity contribution is 7.19. The van der Waals surface area contributed by atoms with Gasteiger partial charge in [0.25, 0.3) is 0 Å². The first-order valence-corrected chi connectivity index (χ1v) is 5.64. The fourth-order valence-corrected chi connectivity index (χ4v) is 2.51. The van der Waals surface area contributed by atoms with Crippen LogP contribution in [0.5, 0.6) is 0 Å². The molecule has 1 nitrogen and oxygen atoms in total. The Hall–Kier alpha value is -0.900. The van der Waals surface area contributed by atoms with E-state index in [1.165, 1.54) is 23.5 Å². The summed E-state index contributed by atoms with van der Waals surface area (Å²) in [6.45, 7) is 0.394. The zero-order valence-corrected chi connectivity index (χ0v) is 9.41. The molecule has 0 aliphatic rings. The van der Waals surface area contributed by atoms with Crippen molar-refractivity contribution in [3.8, 4) is 10.4 Å². The molecular formula is C11H9ClFNS. The van der Waals surface area contributed by atoms with E-state index in [9.17, 15) is 4.39 Å². The maximum Gasteiger partial charge on any atom is 0.123 e. The van der Waals surface area contributed by atoms with Crippen LogP contribution in [0.1, 0.15) is 5.56 Å². The largest absolute Gasteiger partial charge is 0.326 e. The Kier molecular flexibility index (Phi) is 3.05. The molecule has 0 fully saturated rings. The summed E-state index contributed by atoms with van der Waals surface area (Å²) < 4.78 is 13.8. The molecule has 0 radical (unpaired) electrons. The number of thiophene rings is 1. The number of halogens is 2. The molecule has 0 unspecified atom stereocenters.